The van der Waals surface area contributed by atoms with E-state index in [4.69, 9.17) is 5.26 Å². The topological polar surface area (TPSA) is 79.0 Å². The van der Waals surface area contributed by atoms with E-state index in [9.17, 15) is 10.1 Å². The van der Waals surface area contributed by atoms with Crippen LogP contribution >= 0.6 is 15.9 Å². The molecule has 0 fully saturated rings. The molecule has 1 rings (SSSR count). The largest absolute Gasteiger partial charge is 0.381 e. The highest BCUT2D eigenvalue weighted by Gasteiger charge is 2.17. The zero-order valence-corrected chi connectivity index (χ0v) is 8.83. The summed E-state index contributed by atoms with van der Waals surface area (Å²) in [6, 6.07) is 4.77. The zero-order valence-electron chi connectivity index (χ0n) is 7.24. The van der Waals surface area contributed by atoms with Gasteiger partial charge in [0, 0.05) is 17.6 Å². The smallest absolute Gasteiger partial charge is 0.294 e. The highest BCUT2D eigenvalue weighted by atomic mass is 79.9. The second kappa shape index (κ2) is 4.07. The lowest BCUT2D eigenvalue weighted by molar-refractivity contribution is -0.384. The summed E-state index contributed by atoms with van der Waals surface area (Å²) in [6.07, 6.45) is 0. The molecule has 6 heteroatoms. The Labute approximate surface area is 88.6 Å². The maximum Gasteiger partial charge on any atom is 0.294 e. The Bertz CT molecular complexity index is 425. The summed E-state index contributed by atoms with van der Waals surface area (Å²) in [5.41, 5.74) is 0.368. The third-order valence-electron chi connectivity index (χ3n) is 1.65. The van der Waals surface area contributed by atoms with Crippen molar-refractivity contribution >= 4 is 27.3 Å². The molecule has 14 heavy (non-hydrogen) atoms. The number of halogens is 1. The van der Waals surface area contributed by atoms with Crippen molar-refractivity contribution in [3.8, 4) is 6.07 Å². The maximum atomic E-state index is 10.6. The number of hydrogen-bond donors (Lipinski definition) is 1. The number of nitrogens with zero attached hydrogens (tertiary/aromatic N) is 2. The molecule has 0 saturated heterocycles. The molecule has 0 radical (unpaired) electrons. The first-order valence-corrected chi connectivity index (χ1v) is 4.45. The van der Waals surface area contributed by atoms with Gasteiger partial charge in [0.15, 0.2) is 0 Å². The fourth-order valence-corrected chi connectivity index (χ4v) is 1.53. The van der Waals surface area contributed by atoms with E-state index >= 15 is 0 Å². The number of anilines is 1. The van der Waals surface area contributed by atoms with Gasteiger partial charge in [-0.05, 0) is 6.07 Å². The first kappa shape index (κ1) is 10.5. The fourth-order valence-electron chi connectivity index (χ4n) is 1.09. The number of nitrogens with one attached hydrogen (secondary N) is 1. The average molecular weight is 256 g/mol. The van der Waals surface area contributed by atoms with Crippen molar-refractivity contribution in [2.45, 2.75) is 0 Å². The van der Waals surface area contributed by atoms with Gasteiger partial charge in [0.2, 0.25) is 0 Å². The molecule has 0 aliphatic carbocycles. The van der Waals surface area contributed by atoms with E-state index < -0.39 is 4.92 Å². The van der Waals surface area contributed by atoms with Crippen LogP contribution in [-0.2, 0) is 0 Å². The van der Waals surface area contributed by atoms with Crippen molar-refractivity contribution in [2.75, 3.05) is 12.4 Å². The summed E-state index contributed by atoms with van der Waals surface area (Å²) in [7, 11) is 1.54. The van der Waals surface area contributed by atoms with Crippen molar-refractivity contribution in [1.82, 2.24) is 0 Å². The van der Waals surface area contributed by atoms with Gasteiger partial charge in [0.25, 0.3) is 5.69 Å². The maximum absolute atomic E-state index is 10.6. The van der Waals surface area contributed by atoms with Crippen LogP contribution in [0.3, 0.4) is 0 Å². The molecule has 72 valence electrons. The number of benzene rings is 1. The molecule has 5 nitrogen and oxygen atoms in total. The molecule has 0 aliphatic heterocycles. The SMILES string of the molecule is CNc1c(C#N)cc(Br)cc1[N+](=O)[O-]. The van der Waals surface area contributed by atoms with Crippen molar-refractivity contribution in [1.29, 1.82) is 5.26 Å². The molecule has 0 heterocycles. The summed E-state index contributed by atoms with van der Waals surface area (Å²) in [5.74, 6) is 0. The predicted molar refractivity (Wildman–Crippen MR) is 55.1 cm³/mol. The minimum absolute atomic E-state index is 0.113. The van der Waals surface area contributed by atoms with Crippen molar-refractivity contribution in [3.05, 3.63) is 32.3 Å². The Hall–Kier alpha value is -1.61. The normalized spacial score (nSPS) is 9.21. The second-order valence-corrected chi connectivity index (χ2v) is 3.38. The van der Waals surface area contributed by atoms with Crippen LogP contribution in [0.4, 0.5) is 11.4 Å². The van der Waals surface area contributed by atoms with Gasteiger partial charge in [-0.2, -0.15) is 5.26 Å². The van der Waals surface area contributed by atoms with E-state index in [1.54, 1.807) is 0 Å². The van der Waals surface area contributed by atoms with Gasteiger partial charge in [0.05, 0.1) is 10.5 Å². The van der Waals surface area contributed by atoms with E-state index in [0.29, 0.717) is 4.47 Å². The standard InChI is InChI=1S/C8H6BrN3O2/c1-11-8-5(4-10)2-6(9)3-7(8)12(13)14/h2-3,11H,1H3. The van der Waals surface area contributed by atoms with Gasteiger partial charge in [0.1, 0.15) is 11.8 Å². The van der Waals surface area contributed by atoms with Crippen LogP contribution in [0.15, 0.2) is 16.6 Å². The quantitative estimate of drug-likeness (QED) is 0.650. The molecule has 1 aromatic rings. The Kier molecular flexibility index (Phi) is 3.04. The highest BCUT2D eigenvalue weighted by molar-refractivity contribution is 9.10. The van der Waals surface area contributed by atoms with Crippen LogP contribution in [0.5, 0.6) is 0 Å². The Morgan fingerprint density at radius 3 is 2.71 bits per heavy atom. The van der Waals surface area contributed by atoms with E-state index in [-0.39, 0.29) is 16.9 Å². The molecule has 0 unspecified atom stereocenters. The molecule has 0 aliphatic rings. The molecular weight excluding hydrogens is 250 g/mol. The number of rotatable bonds is 2. The molecule has 0 amide bonds. The van der Waals surface area contributed by atoms with Gasteiger partial charge < -0.3 is 5.32 Å². The van der Waals surface area contributed by atoms with E-state index in [1.165, 1.54) is 19.2 Å². The number of nitriles is 1. The van der Waals surface area contributed by atoms with Gasteiger partial charge in [-0.3, -0.25) is 10.1 Å². The lowest BCUT2D eigenvalue weighted by atomic mass is 10.1. The second-order valence-electron chi connectivity index (χ2n) is 2.47. The van der Waals surface area contributed by atoms with Crippen molar-refractivity contribution in [2.24, 2.45) is 0 Å². The first-order chi connectivity index (χ1) is 6.60. The lowest BCUT2D eigenvalue weighted by Crippen LogP contribution is -1.99. The fraction of sp³-hybridized carbons (Fsp3) is 0.125. The molecule has 0 aromatic heterocycles. The summed E-state index contributed by atoms with van der Waals surface area (Å²) in [4.78, 5) is 10.1. The molecule has 0 saturated carbocycles. The molecule has 0 spiro atoms. The third-order valence-corrected chi connectivity index (χ3v) is 2.11. The summed E-state index contributed by atoms with van der Waals surface area (Å²) >= 11 is 3.10. The molecule has 1 aromatic carbocycles. The molecule has 0 atom stereocenters. The number of hydrogen-bond acceptors (Lipinski definition) is 4. The van der Waals surface area contributed by atoms with Gasteiger partial charge in [-0.25, -0.2) is 0 Å². The first-order valence-electron chi connectivity index (χ1n) is 3.66. The van der Waals surface area contributed by atoms with E-state index in [1.807, 2.05) is 6.07 Å². The van der Waals surface area contributed by atoms with Crippen molar-refractivity contribution in [3.63, 3.8) is 0 Å². The van der Waals surface area contributed by atoms with Crippen LogP contribution in [0.2, 0.25) is 0 Å². The van der Waals surface area contributed by atoms with E-state index in [2.05, 4.69) is 21.2 Å². The molecule has 0 bridgehead atoms. The average Bonchev–Trinajstić information content (AvgIpc) is 2.16. The van der Waals surface area contributed by atoms with Gasteiger partial charge in [-0.1, -0.05) is 15.9 Å². The van der Waals surface area contributed by atoms with Gasteiger partial charge >= 0.3 is 0 Å². The van der Waals surface area contributed by atoms with Crippen LogP contribution < -0.4 is 5.32 Å². The minimum atomic E-state index is -0.530. The minimum Gasteiger partial charge on any atom is -0.381 e. The predicted octanol–water partition coefficient (Wildman–Crippen LogP) is 2.27. The van der Waals surface area contributed by atoms with Crippen LogP contribution in [0.25, 0.3) is 0 Å². The summed E-state index contributed by atoms with van der Waals surface area (Å²) in [5, 5.41) is 22.0. The van der Waals surface area contributed by atoms with Crippen LogP contribution in [0.1, 0.15) is 5.56 Å². The van der Waals surface area contributed by atoms with Crippen LogP contribution in [-0.4, -0.2) is 12.0 Å². The Morgan fingerprint density at radius 1 is 1.64 bits per heavy atom. The van der Waals surface area contributed by atoms with Crippen molar-refractivity contribution < 1.29 is 4.92 Å². The summed E-state index contributed by atoms with van der Waals surface area (Å²) < 4.78 is 0.514. The molecule has 1 N–H and O–H groups in total. The summed E-state index contributed by atoms with van der Waals surface area (Å²) in [6.45, 7) is 0. The monoisotopic (exact) mass is 255 g/mol. The third kappa shape index (κ3) is 1.83. The van der Waals surface area contributed by atoms with Crippen LogP contribution in [0, 0.1) is 21.4 Å². The number of nitro groups is 1. The number of nitro benzene ring substituents is 1. The Morgan fingerprint density at radius 2 is 2.29 bits per heavy atom. The zero-order chi connectivity index (χ0) is 10.7. The molecular formula is C8H6BrN3O2. The Balaban J connectivity index is 3.49. The lowest BCUT2D eigenvalue weighted by Gasteiger charge is -2.04. The highest BCUT2D eigenvalue weighted by Crippen LogP contribution is 2.31. The van der Waals surface area contributed by atoms with E-state index in [0.717, 1.165) is 0 Å². The van der Waals surface area contributed by atoms with Gasteiger partial charge in [-0.15, -0.1) is 0 Å².